The summed E-state index contributed by atoms with van der Waals surface area (Å²) in [4.78, 5) is 24.8. The summed E-state index contributed by atoms with van der Waals surface area (Å²) in [6.45, 7) is 1.01. The molecule has 0 aliphatic carbocycles. The molecule has 1 fully saturated rings. The summed E-state index contributed by atoms with van der Waals surface area (Å²) in [5.74, 6) is -0.722. The van der Waals surface area contributed by atoms with Crippen LogP contribution in [0.2, 0.25) is 0 Å². The molecular formula is C16H19N3O6. The molecule has 0 bridgehead atoms. The molecule has 1 heterocycles. The number of methoxy groups -OCH3 is 1. The van der Waals surface area contributed by atoms with Crippen LogP contribution in [0.5, 0.6) is 5.75 Å². The lowest BCUT2D eigenvalue weighted by molar-refractivity contribution is -0.154. The third-order valence-corrected chi connectivity index (χ3v) is 3.52. The van der Waals surface area contributed by atoms with Crippen molar-refractivity contribution in [1.29, 1.82) is 5.26 Å². The summed E-state index contributed by atoms with van der Waals surface area (Å²) in [6.07, 6.45) is -1.05. The number of hydrogen-bond acceptors (Lipinski definition) is 6. The number of aliphatic carboxylic acids is 1. The van der Waals surface area contributed by atoms with Crippen LogP contribution in [0.4, 0.5) is 10.5 Å². The lowest BCUT2D eigenvalue weighted by atomic mass is 10.2. The molecule has 0 saturated carbocycles. The van der Waals surface area contributed by atoms with Gasteiger partial charge in [-0.1, -0.05) is 0 Å². The summed E-state index contributed by atoms with van der Waals surface area (Å²) in [6, 6.07) is 6.17. The number of carbonyl (C=O) groups is 2. The van der Waals surface area contributed by atoms with Gasteiger partial charge in [0, 0.05) is 13.7 Å². The monoisotopic (exact) mass is 349 g/mol. The molecule has 1 aliphatic rings. The molecular weight excluding hydrogens is 330 g/mol. The van der Waals surface area contributed by atoms with Gasteiger partial charge < -0.3 is 29.5 Å². The third-order valence-electron chi connectivity index (χ3n) is 3.52. The fourth-order valence-corrected chi connectivity index (χ4v) is 2.24. The first kappa shape index (κ1) is 18.5. The van der Waals surface area contributed by atoms with Crippen LogP contribution >= 0.6 is 0 Å². The number of rotatable bonds is 6. The number of morpholine rings is 1. The third kappa shape index (κ3) is 5.07. The average Bonchev–Trinajstić information content (AvgIpc) is 2.63. The van der Waals surface area contributed by atoms with Crippen molar-refractivity contribution in [3.63, 3.8) is 0 Å². The van der Waals surface area contributed by atoms with Crippen molar-refractivity contribution in [3.05, 3.63) is 23.8 Å². The van der Waals surface area contributed by atoms with Crippen molar-refractivity contribution < 1.29 is 28.9 Å². The Hall–Kier alpha value is -2.83. The number of ether oxygens (including phenoxy) is 3. The predicted molar refractivity (Wildman–Crippen MR) is 86.5 cm³/mol. The van der Waals surface area contributed by atoms with Crippen LogP contribution in [0.3, 0.4) is 0 Å². The summed E-state index contributed by atoms with van der Waals surface area (Å²) >= 11 is 0. The zero-order valence-electron chi connectivity index (χ0n) is 13.7. The molecule has 1 aromatic rings. The number of carbonyl (C=O) groups excluding carboxylic acids is 1. The van der Waals surface area contributed by atoms with Crippen LogP contribution < -0.4 is 10.1 Å². The maximum Gasteiger partial charge on any atom is 0.334 e. The van der Waals surface area contributed by atoms with E-state index in [9.17, 15) is 9.59 Å². The summed E-state index contributed by atoms with van der Waals surface area (Å²) in [5, 5.41) is 20.7. The molecule has 25 heavy (non-hydrogen) atoms. The second-order valence-electron chi connectivity index (χ2n) is 5.24. The largest absolute Gasteiger partial charge is 0.489 e. The van der Waals surface area contributed by atoms with Crippen LogP contribution in [0.1, 0.15) is 5.56 Å². The molecule has 1 saturated heterocycles. The van der Waals surface area contributed by atoms with E-state index in [4.69, 9.17) is 24.6 Å². The van der Waals surface area contributed by atoms with E-state index in [1.165, 1.54) is 11.0 Å². The van der Waals surface area contributed by atoms with E-state index in [1.54, 1.807) is 19.2 Å². The number of carboxylic acids is 1. The van der Waals surface area contributed by atoms with Crippen molar-refractivity contribution in [2.45, 2.75) is 6.10 Å². The Morgan fingerprint density at radius 1 is 1.48 bits per heavy atom. The van der Waals surface area contributed by atoms with Crippen molar-refractivity contribution in [3.8, 4) is 11.8 Å². The lowest BCUT2D eigenvalue weighted by Crippen LogP contribution is -2.49. The molecule has 1 unspecified atom stereocenters. The average molecular weight is 349 g/mol. The second-order valence-corrected chi connectivity index (χ2v) is 5.24. The van der Waals surface area contributed by atoms with E-state index < -0.39 is 18.1 Å². The highest BCUT2D eigenvalue weighted by Gasteiger charge is 2.29. The van der Waals surface area contributed by atoms with Crippen LogP contribution in [-0.2, 0) is 14.3 Å². The maximum absolute atomic E-state index is 12.4. The van der Waals surface area contributed by atoms with Crippen molar-refractivity contribution in [2.24, 2.45) is 0 Å². The predicted octanol–water partition coefficient (Wildman–Crippen LogP) is 0.901. The summed E-state index contributed by atoms with van der Waals surface area (Å²) < 4.78 is 15.5. The Labute approximate surface area is 144 Å². The lowest BCUT2D eigenvalue weighted by Gasteiger charge is -2.31. The second kappa shape index (κ2) is 8.86. The van der Waals surface area contributed by atoms with Crippen LogP contribution in [-0.4, -0.2) is 68.1 Å². The SMILES string of the molecule is COCCOc1ccc(C#N)cc1NC(=O)N1CCOC(C(=O)O)C1. The number of anilines is 1. The standard InChI is InChI=1S/C16H19N3O6/c1-23-6-7-25-13-3-2-11(9-17)8-12(13)18-16(22)19-4-5-24-14(10-19)15(20)21/h2-3,8,14H,4-7,10H2,1H3,(H,18,22)(H,20,21). The van der Waals surface area contributed by atoms with Gasteiger partial charge in [-0.25, -0.2) is 9.59 Å². The number of carboxylic acid groups (broad SMARTS) is 1. The Kier molecular flexibility index (Phi) is 6.56. The highest BCUT2D eigenvalue weighted by molar-refractivity contribution is 5.91. The normalized spacial score (nSPS) is 16.8. The number of benzene rings is 1. The number of amides is 2. The minimum atomic E-state index is -1.12. The first-order chi connectivity index (χ1) is 12.0. The highest BCUT2D eigenvalue weighted by atomic mass is 16.5. The fraction of sp³-hybridized carbons (Fsp3) is 0.438. The van der Waals surface area contributed by atoms with Gasteiger partial charge in [0.2, 0.25) is 0 Å². The molecule has 0 spiro atoms. The van der Waals surface area contributed by atoms with E-state index in [1.807, 2.05) is 6.07 Å². The number of nitrogens with zero attached hydrogens (tertiary/aromatic N) is 2. The number of nitriles is 1. The Balaban J connectivity index is 2.10. The number of hydrogen-bond donors (Lipinski definition) is 2. The van der Waals surface area contributed by atoms with E-state index >= 15 is 0 Å². The minimum absolute atomic E-state index is 0.0566. The summed E-state index contributed by atoms with van der Waals surface area (Å²) in [5.41, 5.74) is 0.693. The highest BCUT2D eigenvalue weighted by Crippen LogP contribution is 2.26. The molecule has 2 rings (SSSR count). The molecule has 134 valence electrons. The van der Waals surface area contributed by atoms with Gasteiger partial charge in [-0.05, 0) is 18.2 Å². The topological polar surface area (TPSA) is 121 Å². The molecule has 1 atom stereocenters. The van der Waals surface area contributed by atoms with Crippen molar-refractivity contribution in [2.75, 3.05) is 45.3 Å². The Morgan fingerprint density at radius 3 is 2.96 bits per heavy atom. The van der Waals surface area contributed by atoms with E-state index in [2.05, 4.69) is 5.32 Å². The van der Waals surface area contributed by atoms with Gasteiger partial charge in [-0.2, -0.15) is 5.26 Å². The van der Waals surface area contributed by atoms with Gasteiger partial charge in [0.05, 0.1) is 37.1 Å². The molecule has 0 aromatic heterocycles. The van der Waals surface area contributed by atoms with Crippen molar-refractivity contribution >= 4 is 17.7 Å². The summed E-state index contributed by atoms with van der Waals surface area (Å²) in [7, 11) is 1.54. The zero-order chi connectivity index (χ0) is 18.2. The number of nitrogens with one attached hydrogen (secondary N) is 1. The first-order valence-corrected chi connectivity index (χ1v) is 7.61. The van der Waals surface area contributed by atoms with E-state index in [0.717, 1.165) is 0 Å². The quantitative estimate of drug-likeness (QED) is 0.732. The van der Waals surface area contributed by atoms with Crippen LogP contribution in [0.25, 0.3) is 0 Å². The Bertz CT molecular complexity index is 672. The molecule has 2 amide bonds. The molecule has 9 nitrogen and oxygen atoms in total. The van der Waals surface area contributed by atoms with Gasteiger partial charge >= 0.3 is 12.0 Å². The minimum Gasteiger partial charge on any atom is -0.489 e. The van der Waals surface area contributed by atoms with E-state index in [0.29, 0.717) is 23.6 Å². The van der Waals surface area contributed by atoms with Gasteiger partial charge in [0.1, 0.15) is 12.4 Å². The molecule has 0 radical (unpaired) electrons. The first-order valence-electron chi connectivity index (χ1n) is 7.61. The van der Waals surface area contributed by atoms with E-state index in [-0.39, 0.29) is 26.3 Å². The molecule has 1 aromatic carbocycles. The van der Waals surface area contributed by atoms with Crippen LogP contribution in [0.15, 0.2) is 18.2 Å². The molecule has 1 aliphatic heterocycles. The smallest absolute Gasteiger partial charge is 0.334 e. The van der Waals surface area contributed by atoms with Crippen LogP contribution in [0, 0.1) is 11.3 Å². The van der Waals surface area contributed by atoms with Gasteiger partial charge in [0.15, 0.2) is 6.10 Å². The molecule has 9 heteroatoms. The fourth-order valence-electron chi connectivity index (χ4n) is 2.24. The zero-order valence-corrected chi connectivity index (χ0v) is 13.7. The van der Waals surface area contributed by atoms with Gasteiger partial charge in [0.25, 0.3) is 0 Å². The van der Waals surface area contributed by atoms with Gasteiger partial charge in [-0.15, -0.1) is 0 Å². The maximum atomic E-state index is 12.4. The van der Waals surface area contributed by atoms with Gasteiger partial charge in [-0.3, -0.25) is 0 Å². The Morgan fingerprint density at radius 2 is 2.28 bits per heavy atom. The number of urea groups is 1. The molecule has 2 N–H and O–H groups in total. The van der Waals surface area contributed by atoms with Crippen molar-refractivity contribution in [1.82, 2.24) is 4.90 Å².